The van der Waals surface area contributed by atoms with Crippen molar-refractivity contribution in [2.24, 2.45) is 4.99 Å². The minimum atomic E-state index is -0.340. The number of rotatable bonds is 6. The van der Waals surface area contributed by atoms with Gasteiger partial charge in [0.15, 0.2) is 0 Å². The zero-order valence-corrected chi connectivity index (χ0v) is 9.53. The molecule has 1 aromatic carbocycles. The monoisotopic (exact) mass is 235 g/mol. The van der Waals surface area contributed by atoms with Crippen molar-refractivity contribution in [2.75, 3.05) is 12.4 Å². The molecule has 0 aliphatic carbocycles. The lowest BCUT2D eigenvalue weighted by molar-refractivity contribution is 0.195. The van der Waals surface area contributed by atoms with Gasteiger partial charge in [-0.1, -0.05) is 0 Å². The smallest absolute Gasteiger partial charge is 0.206 e. The van der Waals surface area contributed by atoms with Crippen molar-refractivity contribution < 1.29 is 9.13 Å². The van der Waals surface area contributed by atoms with E-state index >= 15 is 0 Å². The minimum absolute atomic E-state index is 0.0511. The Morgan fingerprint density at radius 3 is 3.06 bits per heavy atom. The fourth-order valence-electron chi connectivity index (χ4n) is 1.16. The van der Waals surface area contributed by atoms with Crippen molar-refractivity contribution in [3.63, 3.8) is 0 Å². The van der Waals surface area contributed by atoms with Crippen LogP contribution in [0.3, 0.4) is 0 Å². The van der Waals surface area contributed by atoms with Gasteiger partial charge in [-0.05, 0) is 24.8 Å². The summed E-state index contributed by atoms with van der Waals surface area (Å²) in [4.78, 5) is 3.71. The number of nitrogens with one attached hydrogen (secondary N) is 2. The van der Waals surface area contributed by atoms with E-state index in [4.69, 9.17) is 10.1 Å². The highest BCUT2D eigenvalue weighted by Gasteiger charge is 2.04. The molecule has 4 nitrogen and oxygen atoms in total. The number of halogens is 1. The average Bonchev–Trinajstić information content (AvgIpc) is 2.35. The molecular formula is C12H14FN3O. The van der Waals surface area contributed by atoms with Crippen LogP contribution in [0.15, 0.2) is 35.7 Å². The first-order valence-electron chi connectivity index (χ1n) is 4.98. The van der Waals surface area contributed by atoms with Gasteiger partial charge in [0.2, 0.25) is 5.88 Å². The Bertz CT molecular complexity index is 443. The second kappa shape index (κ2) is 6.42. The molecule has 17 heavy (non-hydrogen) atoms. The summed E-state index contributed by atoms with van der Waals surface area (Å²) in [7, 11) is 1.76. The summed E-state index contributed by atoms with van der Waals surface area (Å²) in [5.74, 6) is -0.199. The van der Waals surface area contributed by atoms with Gasteiger partial charge in [0.1, 0.15) is 12.4 Å². The number of aliphatic imine (C=N–C) groups is 1. The van der Waals surface area contributed by atoms with Gasteiger partial charge in [0.05, 0.1) is 0 Å². The maximum atomic E-state index is 13.4. The van der Waals surface area contributed by atoms with E-state index in [9.17, 15) is 4.39 Å². The van der Waals surface area contributed by atoms with Crippen LogP contribution < -0.4 is 5.32 Å². The van der Waals surface area contributed by atoms with Gasteiger partial charge in [-0.2, -0.15) is 0 Å². The molecule has 90 valence electrons. The normalized spacial score (nSPS) is 10.2. The molecule has 5 heteroatoms. The molecule has 0 saturated carbocycles. The highest BCUT2D eigenvalue weighted by atomic mass is 19.1. The number of hydrogen-bond donors (Lipinski definition) is 2. The molecule has 2 N–H and O–H groups in total. The second-order valence-corrected chi connectivity index (χ2v) is 3.18. The topological polar surface area (TPSA) is 57.5 Å². The van der Waals surface area contributed by atoms with E-state index in [1.54, 1.807) is 19.2 Å². The predicted octanol–water partition coefficient (Wildman–Crippen LogP) is 2.58. The van der Waals surface area contributed by atoms with E-state index in [2.05, 4.69) is 16.9 Å². The summed E-state index contributed by atoms with van der Waals surface area (Å²) in [6.45, 7) is 3.57. The average molecular weight is 235 g/mol. The van der Waals surface area contributed by atoms with Crippen LogP contribution in [0.1, 0.15) is 5.56 Å². The van der Waals surface area contributed by atoms with Gasteiger partial charge in [0.25, 0.3) is 0 Å². The highest BCUT2D eigenvalue weighted by Crippen LogP contribution is 2.16. The Morgan fingerprint density at radius 1 is 1.65 bits per heavy atom. The number of benzene rings is 1. The van der Waals surface area contributed by atoms with Crippen molar-refractivity contribution in [1.29, 1.82) is 5.41 Å². The van der Waals surface area contributed by atoms with E-state index < -0.39 is 0 Å². The Kier molecular flexibility index (Phi) is 4.87. The van der Waals surface area contributed by atoms with Gasteiger partial charge in [-0.3, -0.25) is 0 Å². The number of hydrogen-bond acceptors (Lipinski definition) is 4. The summed E-state index contributed by atoms with van der Waals surface area (Å²) in [5.41, 5.74) is 1.22. The van der Waals surface area contributed by atoms with Crippen LogP contribution in [-0.4, -0.2) is 19.5 Å². The van der Waals surface area contributed by atoms with Crippen molar-refractivity contribution in [2.45, 2.75) is 6.61 Å². The predicted molar refractivity (Wildman–Crippen MR) is 67.2 cm³/mol. The molecule has 0 radical (unpaired) electrons. The van der Waals surface area contributed by atoms with Gasteiger partial charge in [-0.25, -0.2) is 9.38 Å². The third kappa shape index (κ3) is 4.06. The third-order valence-corrected chi connectivity index (χ3v) is 2.02. The first kappa shape index (κ1) is 12.9. The van der Waals surface area contributed by atoms with E-state index in [0.29, 0.717) is 5.56 Å². The van der Waals surface area contributed by atoms with Crippen molar-refractivity contribution in [3.05, 3.63) is 42.0 Å². The van der Waals surface area contributed by atoms with Gasteiger partial charge >= 0.3 is 0 Å². The molecular weight excluding hydrogens is 221 g/mol. The van der Waals surface area contributed by atoms with Crippen LogP contribution in [0.4, 0.5) is 10.1 Å². The largest absolute Gasteiger partial charge is 0.473 e. The number of anilines is 1. The molecule has 0 aliphatic heterocycles. The zero-order valence-electron chi connectivity index (χ0n) is 9.53. The molecule has 0 aliphatic rings. The number of ether oxygens (including phenoxy) is 1. The Morgan fingerprint density at radius 2 is 2.41 bits per heavy atom. The summed E-state index contributed by atoms with van der Waals surface area (Å²) < 4.78 is 18.5. The molecule has 0 fully saturated rings. The molecule has 1 aromatic rings. The Labute approximate surface area is 99.3 Å². The second-order valence-electron chi connectivity index (χ2n) is 3.18. The lowest BCUT2D eigenvalue weighted by Crippen LogP contribution is -1.97. The number of nitrogens with zero attached hydrogens (tertiary/aromatic N) is 1. The quantitative estimate of drug-likeness (QED) is 0.588. The van der Waals surface area contributed by atoms with Crippen molar-refractivity contribution >= 4 is 18.1 Å². The van der Waals surface area contributed by atoms with Crippen LogP contribution in [0, 0.1) is 11.2 Å². The Hall–Kier alpha value is -2.17. The van der Waals surface area contributed by atoms with Crippen LogP contribution in [0.25, 0.3) is 0 Å². The van der Waals surface area contributed by atoms with Gasteiger partial charge < -0.3 is 15.5 Å². The standard InChI is InChI=1S/C12H14FN3O/c1-9(16-6-5-14)17-8-10-7-11(15-2)3-4-12(10)13/h3-7,14-15H,1,8H2,2H3/b14-5?,16-6-. The third-order valence-electron chi connectivity index (χ3n) is 2.02. The first-order chi connectivity index (χ1) is 8.17. The van der Waals surface area contributed by atoms with E-state index in [-0.39, 0.29) is 18.3 Å². The van der Waals surface area contributed by atoms with Crippen LogP contribution in [-0.2, 0) is 11.3 Å². The van der Waals surface area contributed by atoms with Gasteiger partial charge in [0, 0.05) is 30.7 Å². The van der Waals surface area contributed by atoms with Crippen LogP contribution in [0.5, 0.6) is 0 Å². The fraction of sp³-hybridized carbons (Fsp3) is 0.167. The first-order valence-corrected chi connectivity index (χ1v) is 4.98. The summed E-state index contributed by atoms with van der Waals surface area (Å²) in [6, 6.07) is 4.66. The minimum Gasteiger partial charge on any atom is -0.473 e. The summed E-state index contributed by atoms with van der Waals surface area (Å²) in [6.07, 6.45) is 2.25. The fourth-order valence-corrected chi connectivity index (χ4v) is 1.16. The Balaban J connectivity index is 2.65. The van der Waals surface area contributed by atoms with Crippen LogP contribution >= 0.6 is 0 Å². The van der Waals surface area contributed by atoms with E-state index in [1.165, 1.54) is 12.3 Å². The molecule has 0 unspecified atom stereocenters. The SMILES string of the molecule is C=C(/N=C\C=N)OCc1cc(NC)ccc1F. The van der Waals surface area contributed by atoms with Gasteiger partial charge in [-0.15, -0.1) is 0 Å². The zero-order chi connectivity index (χ0) is 12.7. The molecule has 1 rings (SSSR count). The molecule has 0 amide bonds. The maximum Gasteiger partial charge on any atom is 0.206 e. The van der Waals surface area contributed by atoms with Crippen LogP contribution in [0.2, 0.25) is 0 Å². The van der Waals surface area contributed by atoms with E-state index in [0.717, 1.165) is 11.9 Å². The van der Waals surface area contributed by atoms with E-state index in [1.807, 2.05) is 0 Å². The maximum absolute atomic E-state index is 13.4. The highest BCUT2D eigenvalue weighted by molar-refractivity contribution is 6.14. The molecule has 0 saturated heterocycles. The van der Waals surface area contributed by atoms with Crippen molar-refractivity contribution in [1.82, 2.24) is 0 Å². The molecule has 0 spiro atoms. The molecule has 0 aromatic heterocycles. The molecule has 0 bridgehead atoms. The molecule has 0 atom stereocenters. The lowest BCUT2D eigenvalue weighted by Gasteiger charge is -2.08. The van der Waals surface area contributed by atoms with Crippen molar-refractivity contribution in [3.8, 4) is 0 Å². The molecule has 0 heterocycles. The lowest BCUT2D eigenvalue weighted by atomic mass is 10.2. The summed E-state index contributed by atoms with van der Waals surface area (Å²) >= 11 is 0. The summed E-state index contributed by atoms with van der Waals surface area (Å²) in [5, 5.41) is 9.65.